The van der Waals surface area contributed by atoms with E-state index < -0.39 is 16.1 Å². The van der Waals surface area contributed by atoms with Gasteiger partial charge in [-0.1, -0.05) is 11.6 Å². The number of pyridine rings is 1. The number of sulfonamides is 1. The fourth-order valence-corrected chi connectivity index (χ4v) is 6.72. The van der Waals surface area contributed by atoms with Crippen LogP contribution < -0.4 is 5.32 Å². The van der Waals surface area contributed by atoms with Gasteiger partial charge in [-0.15, -0.1) is 11.3 Å². The third-order valence-corrected chi connectivity index (χ3v) is 8.41. The van der Waals surface area contributed by atoms with Gasteiger partial charge in [0.15, 0.2) is 5.65 Å². The van der Waals surface area contributed by atoms with E-state index in [0.717, 1.165) is 22.4 Å². The Hall–Kier alpha value is -2.01. The van der Waals surface area contributed by atoms with Gasteiger partial charge in [0, 0.05) is 18.0 Å². The molecule has 3 aromatic heterocycles. The lowest BCUT2D eigenvalue weighted by atomic mass is 10.2. The molecular formula is C18H20ClN5O3S2. The number of carbonyl (C=O) groups excluding carboxylic acids is 1. The molecule has 1 aliphatic rings. The molecule has 0 aromatic carbocycles. The summed E-state index contributed by atoms with van der Waals surface area (Å²) in [5.74, 6) is -0.369. The molecule has 8 nitrogen and oxygen atoms in total. The first-order chi connectivity index (χ1) is 13.8. The molecule has 4 rings (SSSR count). The van der Waals surface area contributed by atoms with Crippen molar-refractivity contribution in [2.24, 2.45) is 0 Å². The molecule has 1 atom stereocenters. The minimum atomic E-state index is -3.77. The lowest BCUT2D eigenvalue weighted by Crippen LogP contribution is -2.42. The fraction of sp³-hybridized carbons (Fsp3) is 0.389. The van der Waals surface area contributed by atoms with Gasteiger partial charge in [0.25, 0.3) is 10.0 Å². The van der Waals surface area contributed by atoms with E-state index in [0.29, 0.717) is 29.4 Å². The Balaban J connectivity index is 1.55. The summed E-state index contributed by atoms with van der Waals surface area (Å²) in [4.78, 5) is 17.3. The Morgan fingerprint density at radius 3 is 2.83 bits per heavy atom. The quantitative estimate of drug-likeness (QED) is 0.637. The zero-order valence-corrected chi connectivity index (χ0v) is 18.3. The second-order valence-corrected chi connectivity index (χ2v) is 11.0. The average Bonchev–Trinajstić information content (AvgIpc) is 3.40. The number of nitrogens with zero attached hydrogens (tertiary/aromatic N) is 4. The van der Waals surface area contributed by atoms with Crippen molar-refractivity contribution < 1.29 is 13.2 Å². The van der Waals surface area contributed by atoms with E-state index in [1.165, 1.54) is 10.4 Å². The largest absolute Gasteiger partial charge is 0.323 e. The van der Waals surface area contributed by atoms with Crippen LogP contribution in [0.1, 0.15) is 32.7 Å². The molecule has 1 amide bonds. The van der Waals surface area contributed by atoms with E-state index in [1.807, 2.05) is 13.8 Å². The number of thiophene rings is 1. The zero-order chi connectivity index (χ0) is 20.8. The molecule has 0 radical (unpaired) electrons. The highest BCUT2D eigenvalue weighted by atomic mass is 35.5. The van der Waals surface area contributed by atoms with Crippen LogP contribution in [0.5, 0.6) is 0 Å². The van der Waals surface area contributed by atoms with Crippen LogP contribution in [-0.4, -0.2) is 46.0 Å². The summed E-state index contributed by atoms with van der Waals surface area (Å²) in [7, 11) is -3.77. The lowest BCUT2D eigenvalue weighted by Gasteiger charge is -2.22. The average molecular weight is 454 g/mol. The molecule has 29 heavy (non-hydrogen) atoms. The normalized spacial score (nSPS) is 18.0. The van der Waals surface area contributed by atoms with E-state index in [9.17, 15) is 13.2 Å². The minimum Gasteiger partial charge on any atom is -0.323 e. The second kappa shape index (κ2) is 7.67. The molecule has 0 aliphatic carbocycles. The molecule has 154 valence electrons. The molecule has 1 aliphatic heterocycles. The van der Waals surface area contributed by atoms with Gasteiger partial charge in [0.1, 0.15) is 10.3 Å². The second-order valence-electron chi connectivity index (χ2n) is 7.14. The first kappa shape index (κ1) is 20.3. The smallest absolute Gasteiger partial charge is 0.253 e. The van der Waals surface area contributed by atoms with Crippen LogP contribution >= 0.6 is 22.9 Å². The molecule has 1 N–H and O–H groups in total. The maximum absolute atomic E-state index is 12.9. The monoisotopic (exact) mass is 453 g/mol. The van der Waals surface area contributed by atoms with Crippen molar-refractivity contribution in [2.75, 3.05) is 11.9 Å². The van der Waals surface area contributed by atoms with Crippen molar-refractivity contribution in [3.8, 4) is 0 Å². The third-order valence-electron chi connectivity index (χ3n) is 4.81. The molecule has 4 heterocycles. The lowest BCUT2D eigenvalue weighted by molar-refractivity contribution is -0.119. The topological polar surface area (TPSA) is 97.2 Å². The first-order valence-electron chi connectivity index (χ1n) is 9.18. The van der Waals surface area contributed by atoms with Crippen molar-refractivity contribution in [3.05, 3.63) is 34.9 Å². The van der Waals surface area contributed by atoms with Gasteiger partial charge in [-0.2, -0.15) is 9.40 Å². The van der Waals surface area contributed by atoms with Crippen LogP contribution in [0.25, 0.3) is 11.0 Å². The molecule has 0 bridgehead atoms. The SMILES string of the molecule is CC(C)n1ncc2cc(NC(=O)C3CCCN3S(=O)(=O)c3ccc(Cl)s3)cnc21. The zero-order valence-electron chi connectivity index (χ0n) is 15.9. The highest BCUT2D eigenvalue weighted by molar-refractivity contribution is 7.91. The van der Waals surface area contributed by atoms with E-state index in [1.54, 1.807) is 29.2 Å². The van der Waals surface area contributed by atoms with Crippen molar-refractivity contribution >= 4 is 55.6 Å². The molecule has 0 spiro atoms. The van der Waals surface area contributed by atoms with Crippen molar-refractivity contribution in [3.63, 3.8) is 0 Å². The summed E-state index contributed by atoms with van der Waals surface area (Å²) in [6.45, 7) is 4.33. The predicted octanol–water partition coefficient (Wildman–Crippen LogP) is 3.52. The number of hydrogen-bond donors (Lipinski definition) is 1. The highest BCUT2D eigenvalue weighted by Gasteiger charge is 2.40. The number of carbonyl (C=O) groups is 1. The van der Waals surface area contributed by atoms with Gasteiger partial charge in [-0.25, -0.2) is 18.1 Å². The van der Waals surface area contributed by atoms with Gasteiger partial charge in [-0.3, -0.25) is 4.79 Å². The van der Waals surface area contributed by atoms with Crippen molar-refractivity contribution in [2.45, 2.75) is 43.0 Å². The standard InChI is InChI=1S/C18H20ClN5O3S2/c1-11(2)24-17-12(9-21-24)8-13(10-20-17)22-18(25)14-4-3-7-23(14)29(26,27)16-6-5-15(19)28-16/h5-6,8-11,14H,3-4,7H2,1-2H3,(H,22,25). The molecule has 11 heteroatoms. The van der Waals surface area contributed by atoms with E-state index in [2.05, 4.69) is 15.4 Å². The van der Waals surface area contributed by atoms with Gasteiger partial charge < -0.3 is 5.32 Å². The minimum absolute atomic E-state index is 0.145. The fourth-order valence-electron chi connectivity index (χ4n) is 3.45. The third kappa shape index (κ3) is 3.77. The van der Waals surface area contributed by atoms with Crippen LogP contribution in [0, 0.1) is 0 Å². The first-order valence-corrected chi connectivity index (χ1v) is 11.8. The molecule has 0 saturated carbocycles. The summed E-state index contributed by atoms with van der Waals surface area (Å²) < 4.78 is 29.5. The predicted molar refractivity (Wildman–Crippen MR) is 113 cm³/mol. The van der Waals surface area contributed by atoms with E-state index in [4.69, 9.17) is 11.6 Å². The summed E-state index contributed by atoms with van der Waals surface area (Å²) in [5.41, 5.74) is 1.24. The van der Waals surface area contributed by atoms with Gasteiger partial charge in [-0.05, 0) is 44.9 Å². The maximum Gasteiger partial charge on any atom is 0.253 e. The number of rotatable bonds is 5. The highest BCUT2D eigenvalue weighted by Crippen LogP contribution is 2.32. The summed E-state index contributed by atoms with van der Waals surface area (Å²) >= 11 is 6.88. The number of halogens is 1. The van der Waals surface area contributed by atoms with Crippen LogP contribution in [0.3, 0.4) is 0 Å². The van der Waals surface area contributed by atoms with Crippen LogP contribution in [0.4, 0.5) is 5.69 Å². The molecule has 1 saturated heterocycles. The number of nitrogens with one attached hydrogen (secondary N) is 1. The maximum atomic E-state index is 12.9. The summed E-state index contributed by atoms with van der Waals surface area (Å²) in [6.07, 6.45) is 4.35. The van der Waals surface area contributed by atoms with Crippen LogP contribution in [0.15, 0.2) is 34.8 Å². The number of amides is 1. The van der Waals surface area contributed by atoms with E-state index in [-0.39, 0.29) is 16.2 Å². The van der Waals surface area contributed by atoms with E-state index >= 15 is 0 Å². The van der Waals surface area contributed by atoms with Crippen molar-refractivity contribution in [1.82, 2.24) is 19.1 Å². The molecule has 1 unspecified atom stereocenters. The Kier molecular flexibility index (Phi) is 5.36. The Bertz CT molecular complexity index is 1170. The number of hydrogen-bond acceptors (Lipinski definition) is 6. The Labute approximate surface area is 177 Å². The summed E-state index contributed by atoms with van der Waals surface area (Å²) in [6, 6.07) is 4.21. The number of aromatic nitrogens is 3. The molecule has 3 aromatic rings. The number of fused-ring (bicyclic) bond motifs is 1. The molecule has 1 fully saturated rings. The Morgan fingerprint density at radius 2 is 2.14 bits per heavy atom. The van der Waals surface area contributed by atoms with Gasteiger partial charge in [0.05, 0.1) is 22.4 Å². The Morgan fingerprint density at radius 1 is 1.34 bits per heavy atom. The van der Waals surface area contributed by atoms with Crippen LogP contribution in [-0.2, 0) is 14.8 Å². The van der Waals surface area contributed by atoms with Crippen molar-refractivity contribution in [1.29, 1.82) is 0 Å². The number of anilines is 1. The molecular weight excluding hydrogens is 434 g/mol. The van der Waals surface area contributed by atoms with Gasteiger partial charge in [0.2, 0.25) is 5.91 Å². The van der Waals surface area contributed by atoms with Crippen LogP contribution in [0.2, 0.25) is 4.34 Å². The van der Waals surface area contributed by atoms with Gasteiger partial charge >= 0.3 is 0 Å². The summed E-state index contributed by atoms with van der Waals surface area (Å²) in [5, 5.41) is 7.93.